The van der Waals surface area contributed by atoms with E-state index >= 15 is 0 Å². The van der Waals surface area contributed by atoms with Gasteiger partial charge in [0.05, 0.1) is 17.5 Å². The van der Waals surface area contributed by atoms with Crippen LogP contribution < -0.4 is 5.43 Å². The molecule has 0 amide bonds. The number of hydrogen-bond donors (Lipinski definition) is 0. The average Bonchev–Trinajstić information content (AvgIpc) is 3.11. The maximum atomic E-state index is 14.6. The number of nitrogens with zero attached hydrogens (tertiary/aromatic N) is 2. The Labute approximate surface area is 157 Å². The minimum Gasteiger partial charge on any atom is -0.462 e. The van der Waals surface area contributed by atoms with Crippen molar-refractivity contribution in [1.82, 2.24) is 9.72 Å². The van der Waals surface area contributed by atoms with Crippen LogP contribution in [0.25, 0.3) is 16.7 Å². The van der Waals surface area contributed by atoms with E-state index in [1.165, 1.54) is 6.07 Å². The molecule has 0 unspecified atom stereocenters. The quantitative estimate of drug-likeness (QED) is 0.498. The van der Waals surface area contributed by atoms with Crippen molar-refractivity contribution in [2.24, 2.45) is 0 Å². The molecule has 6 nitrogen and oxygen atoms in total. The summed E-state index contributed by atoms with van der Waals surface area (Å²) in [6.45, 7) is 7.07. The predicted molar refractivity (Wildman–Crippen MR) is 94.1 cm³/mol. The van der Waals surface area contributed by atoms with E-state index < -0.39 is 50.7 Å². The summed E-state index contributed by atoms with van der Waals surface area (Å²) in [7, 11) is 0. The Morgan fingerprint density at radius 3 is 2.46 bits per heavy atom. The summed E-state index contributed by atoms with van der Waals surface area (Å²) in [5.41, 5.74) is -2.47. The van der Waals surface area contributed by atoms with Crippen LogP contribution in [0, 0.1) is 17.5 Å². The number of fused-ring (bicyclic) bond motifs is 1. The van der Waals surface area contributed by atoms with Gasteiger partial charge < -0.3 is 9.26 Å². The van der Waals surface area contributed by atoms with Gasteiger partial charge in [-0.15, -0.1) is 0 Å². The smallest absolute Gasteiger partial charge is 0.343 e. The lowest BCUT2D eigenvalue weighted by molar-refractivity contribution is 0.0524. The van der Waals surface area contributed by atoms with E-state index in [0.29, 0.717) is 11.8 Å². The topological polar surface area (TPSA) is 74.3 Å². The zero-order chi connectivity index (χ0) is 20.8. The molecule has 0 fully saturated rings. The van der Waals surface area contributed by atoms with Gasteiger partial charge in [0.1, 0.15) is 11.3 Å². The highest BCUT2D eigenvalue weighted by atomic mass is 19.2. The maximum absolute atomic E-state index is 14.6. The number of ether oxygens (including phenoxy) is 1. The third-order valence-electron chi connectivity index (χ3n) is 4.10. The molecular weight excluding hydrogens is 377 g/mol. The van der Waals surface area contributed by atoms with Crippen molar-refractivity contribution in [2.45, 2.75) is 33.1 Å². The summed E-state index contributed by atoms with van der Waals surface area (Å²) in [5.74, 6) is -5.44. The van der Waals surface area contributed by atoms with Crippen molar-refractivity contribution in [2.75, 3.05) is 6.61 Å². The molecule has 2 heterocycles. The molecule has 0 aliphatic carbocycles. The predicted octanol–water partition coefficient (Wildman–Crippen LogP) is 3.87. The molecule has 0 spiro atoms. The third-order valence-corrected chi connectivity index (χ3v) is 4.10. The number of aromatic nitrogens is 2. The first-order valence-electron chi connectivity index (χ1n) is 8.43. The molecule has 148 valence electrons. The molecule has 3 rings (SSSR count). The van der Waals surface area contributed by atoms with Gasteiger partial charge in [-0.25, -0.2) is 18.0 Å². The molecule has 2 aromatic heterocycles. The van der Waals surface area contributed by atoms with Crippen LogP contribution in [0.2, 0.25) is 0 Å². The average molecular weight is 394 g/mol. The number of carbonyl (C=O) groups excluding carboxylic acids is 1. The van der Waals surface area contributed by atoms with Gasteiger partial charge in [-0.2, -0.15) is 0 Å². The number of esters is 1. The minimum atomic E-state index is -1.75. The van der Waals surface area contributed by atoms with E-state index in [9.17, 15) is 22.8 Å². The van der Waals surface area contributed by atoms with Crippen LogP contribution in [0.3, 0.4) is 0 Å². The molecule has 0 saturated heterocycles. The van der Waals surface area contributed by atoms with E-state index in [4.69, 9.17) is 9.26 Å². The zero-order valence-electron chi connectivity index (χ0n) is 15.6. The summed E-state index contributed by atoms with van der Waals surface area (Å²) >= 11 is 0. The van der Waals surface area contributed by atoms with Gasteiger partial charge in [-0.1, -0.05) is 25.9 Å². The first-order chi connectivity index (χ1) is 13.1. The monoisotopic (exact) mass is 394 g/mol. The van der Waals surface area contributed by atoms with E-state index in [2.05, 4.69) is 5.16 Å². The summed E-state index contributed by atoms with van der Waals surface area (Å²) in [6.07, 6.45) is 0.980. The maximum Gasteiger partial charge on any atom is 0.343 e. The molecule has 0 N–H and O–H groups in total. The normalized spacial score (nSPS) is 11.8. The molecule has 0 radical (unpaired) electrons. The fraction of sp³-hybridized carbons (Fsp3) is 0.316. The number of pyridine rings is 1. The standard InChI is InChI=1S/C19H17F3N2O4/c1-5-27-18(26)10-8-24(13-7-12(28-23-13)19(2,3)4)16-9(17(10)25)6-11(20)14(21)15(16)22/h6-8H,5H2,1-4H3. The lowest BCUT2D eigenvalue weighted by Crippen LogP contribution is -2.22. The number of benzene rings is 1. The Morgan fingerprint density at radius 1 is 1.21 bits per heavy atom. The largest absolute Gasteiger partial charge is 0.462 e. The van der Waals surface area contributed by atoms with Gasteiger partial charge in [-0.05, 0) is 13.0 Å². The van der Waals surface area contributed by atoms with Gasteiger partial charge in [0, 0.05) is 17.7 Å². The molecule has 0 saturated carbocycles. The SMILES string of the molecule is CCOC(=O)c1cn(-c2cc(C(C)(C)C)on2)c2c(F)c(F)c(F)cc2c1=O. The number of carbonyl (C=O) groups is 1. The van der Waals surface area contributed by atoms with Crippen molar-refractivity contribution in [3.63, 3.8) is 0 Å². The van der Waals surface area contributed by atoms with Crippen molar-refractivity contribution < 1.29 is 27.2 Å². The van der Waals surface area contributed by atoms with Crippen LogP contribution >= 0.6 is 0 Å². The molecule has 0 atom stereocenters. The van der Waals surface area contributed by atoms with Gasteiger partial charge in [0.2, 0.25) is 5.43 Å². The Kier molecular flexibility index (Phi) is 4.78. The molecule has 28 heavy (non-hydrogen) atoms. The highest BCUT2D eigenvalue weighted by Crippen LogP contribution is 2.28. The van der Waals surface area contributed by atoms with Crippen LogP contribution in [0.4, 0.5) is 13.2 Å². The van der Waals surface area contributed by atoms with Crippen LogP contribution in [0.15, 0.2) is 27.6 Å². The Morgan fingerprint density at radius 2 is 1.89 bits per heavy atom. The second kappa shape index (κ2) is 6.81. The molecular formula is C19H17F3N2O4. The summed E-state index contributed by atoms with van der Waals surface area (Å²) in [5, 5.41) is 3.30. The molecule has 0 bridgehead atoms. The van der Waals surface area contributed by atoms with Gasteiger partial charge in [-0.3, -0.25) is 9.36 Å². The van der Waals surface area contributed by atoms with Gasteiger partial charge in [0.15, 0.2) is 23.3 Å². The second-order valence-electron chi connectivity index (χ2n) is 7.14. The zero-order valence-corrected chi connectivity index (χ0v) is 15.6. The first kappa shape index (κ1) is 19.7. The van der Waals surface area contributed by atoms with Crippen LogP contribution in [-0.2, 0) is 10.2 Å². The fourth-order valence-corrected chi connectivity index (χ4v) is 2.66. The van der Waals surface area contributed by atoms with Gasteiger partial charge >= 0.3 is 5.97 Å². The first-order valence-corrected chi connectivity index (χ1v) is 8.43. The van der Waals surface area contributed by atoms with Crippen molar-refractivity contribution in [1.29, 1.82) is 0 Å². The summed E-state index contributed by atoms with van der Waals surface area (Å²) in [6, 6.07) is 2.00. The minimum absolute atomic E-state index is 0.00891. The third kappa shape index (κ3) is 3.17. The van der Waals surface area contributed by atoms with Gasteiger partial charge in [0.25, 0.3) is 0 Å². The van der Waals surface area contributed by atoms with Crippen LogP contribution in [0.5, 0.6) is 0 Å². The van der Waals surface area contributed by atoms with Crippen molar-refractivity contribution in [3.8, 4) is 5.82 Å². The molecule has 3 aromatic rings. The van der Waals surface area contributed by atoms with Crippen LogP contribution in [-0.4, -0.2) is 22.3 Å². The summed E-state index contributed by atoms with van der Waals surface area (Å²) < 4.78 is 53.2. The van der Waals surface area contributed by atoms with Crippen molar-refractivity contribution >= 4 is 16.9 Å². The molecule has 1 aromatic carbocycles. The van der Waals surface area contributed by atoms with E-state index in [-0.39, 0.29) is 12.4 Å². The van der Waals surface area contributed by atoms with E-state index in [1.54, 1.807) is 6.92 Å². The Balaban J connectivity index is 2.41. The number of halogens is 3. The highest BCUT2D eigenvalue weighted by Gasteiger charge is 2.26. The van der Waals surface area contributed by atoms with E-state index in [0.717, 1.165) is 10.8 Å². The lowest BCUT2D eigenvalue weighted by atomic mass is 9.93. The molecule has 0 aliphatic rings. The fourth-order valence-electron chi connectivity index (χ4n) is 2.66. The van der Waals surface area contributed by atoms with E-state index in [1.807, 2.05) is 20.8 Å². The number of hydrogen-bond acceptors (Lipinski definition) is 5. The summed E-state index contributed by atoms with van der Waals surface area (Å²) in [4.78, 5) is 24.7. The Hall–Kier alpha value is -3.10. The second-order valence-corrected chi connectivity index (χ2v) is 7.14. The van der Waals surface area contributed by atoms with Crippen LogP contribution in [0.1, 0.15) is 43.8 Å². The van der Waals surface area contributed by atoms with Crippen molar-refractivity contribution in [3.05, 3.63) is 57.3 Å². The lowest BCUT2D eigenvalue weighted by Gasteiger charge is -2.13. The highest BCUT2D eigenvalue weighted by molar-refractivity contribution is 5.94. The Bertz CT molecular complexity index is 1140. The molecule has 0 aliphatic heterocycles. The molecule has 9 heteroatoms. The number of rotatable bonds is 3.